The van der Waals surface area contributed by atoms with Crippen LogP contribution >= 0.6 is 0 Å². The number of aldehydes is 1. The zero-order valence-electron chi connectivity index (χ0n) is 17.5. The van der Waals surface area contributed by atoms with Crippen LogP contribution in [0, 0.1) is 0 Å². The van der Waals surface area contributed by atoms with Gasteiger partial charge in [-0.2, -0.15) is 5.21 Å². The fraction of sp³-hybridized carbons (Fsp3) is 0.208. The first-order valence-electron chi connectivity index (χ1n) is 10.3. The average molecular weight is 412 g/mol. The number of nitrogens with zero attached hydrogens (tertiary/aromatic N) is 5. The highest BCUT2D eigenvalue weighted by molar-refractivity contribution is 5.80. The molecule has 2 heterocycles. The van der Waals surface area contributed by atoms with Gasteiger partial charge in [-0.05, 0) is 28.3 Å². The van der Waals surface area contributed by atoms with Gasteiger partial charge in [0.25, 0.3) is 0 Å². The number of carbonyl (C=O) groups is 1. The Morgan fingerprint density at radius 3 is 2.52 bits per heavy atom. The maximum absolute atomic E-state index is 11.8. The molecule has 0 aliphatic heterocycles. The Morgan fingerprint density at radius 1 is 1.10 bits per heavy atom. The largest absolute Gasteiger partial charge is 0.321 e. The number of imidazole rings is 1. The lowest BCUT2D eigenvalue weighted by Gasteiger charge is -2.11. The number of hydrogen-bond donors (Lipinski definition) is 1. The molecule has 0 spiro atoms. The molecule has 7 heteroatoms. The Labute approximate surface area is 180 Å². The molecule has 0 amide bonds. The smallest absolute Gasteiger partial charge is 0.205 e. The summed E-state index contributed by atoms with van der Waals surface area (Å²) in [5, 5.41) is 14.4. The SMILES string of the molecule is C=CCc1nc(CCC)n(Cc2ccc(-c3ccccc3-c3nn[nH]n3)cc2)c1C=O. The number of aryl methyl sites for hydroxylation is 1. The minimum atomic E-state index is 0.563. The molecule has 0 aliphatic carbocycles. The molecular weight excluding hydrogens is 388 g/mol. The summed E-state index contributed by atoms with van der Waals surface area (Å²) < 4.78 is 2.03. The molecule has 7 nitrogen and oxygen atoms in total. The Hall–Kier alpha value is -3.87. The molecule has 0 bridgehead atoms. The molecule has 156 valence electrons. The highest BCUT2D eigenvalue weighted by Gasteiger charge is 2.16. The summed E-state index contributed by atoms with van der Waals surface area (Å²) in [4.78, 5) is 16.5. The number of tetrazole rings is 1. The van der Waals surface area contributed by atoms with E-state index in [-0.39, 0.29) is 0 Å². The lowest BCUT2D eigenvalue weighted by Crippen LogP contribution is -2.09. The number of hydrogen-bond acceptors (Lipinski definition) is 5. The Kier molecular flexibility index (Phi) is 6.12. The Morgan fingerprint density at radius 2 is 1.87 bits per heavy atom. The van der Waals surface area contributed by atoms with E-state index in [1.807, 2.05) is 28.8 Å². The van der Waals surface area contributed by atoms with Crippen LogP contribution in [0.15, 0.2) is 61.2 Å². The monoisotopic (exact) mass is 412 g/mol. The molecule has 0 saturated carbocycles. The van der Waals surface area contributed by atoms with E-state index >= 15 is 0 Å². The highest BCUT2D eigenvalue weighted by Crippen LogP contribution is 2.30. The van der Waals surface area contributed by atoms with Crippen LogP contribution < -0.4 is 0 Å². The second kappa shape index (κ2) is 9.30. The third-order valence-corrected chi connectivity index (χ3v) is 5.20. The van der Waals surface area contributed by atoms with E-state index in [4.69, 9.17) is 4.98 Å². The molecule has 31 heavy (non-hydrogen) atoms. The molecule has 2 aromatic carbocycles. The predicted octanol–water partition coefficient (Wildman–Crippen LogP) is 4.27. The second-order valence-corrected chi connectivity index (χ2v) is 7.28. The van der Waals surface area contributed by atoms with Crippen LogP contribution in [0.2, 0.25) is 0 Å². The lowest BCUT2D eigenvalue weighted by molar-refractivity contribution is 0.111. The van der Waals surface area contributed by atoms with Crippen molar-refractivity contribution in [3.63, 3.8) is 0 Å². The molecule has 0 fully saturated rings. The molecule has 0 saturated heterocycles. The van der Waals surface area contributed by atoms with E-state index in [1.165, 1.54) is 0 Å². The maximum Gasteiger partial charge on any atom is 0.205 e. The topological polar surface area (TPSA) is 89.3 Å². The van der Waals surface area contributed by atoms with Crippen molar-refractivity contribution < 1.29 is 4.79 Å². The van der Waals surface area contributed by atoms with Crippen molar-refractivity contribution in [1.29, 1.82) is 0 Å². The summed E-state index contributed by atoms with van der Waals surface area (Å²) in [6, 6.07) is 16.3. The van der Waals surface area contributed by atoms with Gasteiger partial charge in [-0.15, -0.1) is 16.8 Å². The van der Waals surface area contributed by atoms with Gasteiger partial charge in [-0.3, -0.25) is 4.79 Å². The Balaban J connectivity index is 1.65. The van der Waals surface area contributed by atoms with E-state index in [9.17, 15) is 4.79 Å². The number of benzene rings is 2. The zero-order valence-corrected chi connectivity index (χ0v) is 17.5. The van der Waals surface area contributed by atoms with Crippen molar-refractivity contribution >= 4 is 6.29 Å². The number of nitrogens with one attached hydrogen (secondary N) is 1. The highest BCUT2D eigenvalue weighted by atomic mass is 16.1. The van der Waals surface area contributed by atoms with Crippen LogP contribution in [-0.2, 0) is 19.4 Å². The Bertz CT molecular complexity index is 1180. The van der Waals surface area contributed by atoms with Crippen molar-refractivity contribution in [3.8, 4) is 22.5 Å². The number of H-pyrrole nitrogens is 1. The molecule has 0 aliphatic rings. The normalized spacial score (nSPS) is 10.9. The standard InChI is InChI=1S/C24H24N6O/c1-3-7-21-22(16-31)30(23(25-21)8-4-2)15-17-11-13-18(14-12-17)19-9-5-6-10-20(19)24-26-28-29-27-24/h3,5-6,9-14,16H,1,4,7-8,15H2,2H3,(H,26,27,28,29). The summed E-state index contributed by atoms with van der Waals surface area (Å²) in [7, 11) is 0. The molecule has 0 unspecified atom stereocenters. The number of carbonyl (C=O) groups excluding carboxylic acids is 1. The summed E-state index contributed by atoms with van der Waals surface area (Å²) in [5.41, 5.74) is 5.54. The third kappa shape index (κ3) is 4.21. The van der Waals surface area contributed by atoms with Gasteiger partial charge in [-0.25, -0.2) is 4.98 Å². The van der Waals surface area contributed by atoms with Gasteiger partial charge in [0.1, 0.15) is 11.5 Å². The molecule has 1 N–H and O–H groups in total. The van der Waals surface area contributed by atoms with Gasteiger partial charge in [-0.1, -0.05) is 61.5 Å². The molecule has 0 atom stereocenters. The van der Waals surface area contributed by atoms with Crippen molar-refractivity contribution in [1.82, 2.24) is 30.2 Å². The van der Waals surface area contributed by atoms with Gasteiger partial charge in [0.15, 0.2) is 6.29 Å². The first kappa shape index (κ1) is 20.4. The summed E-state index contributed by atoms with van der Waals surface area (Å²) in [6.45, 7) is 6.50. The number of rotatable bonds is 9. The summed E-state index contributed by atoms with van der Waals surface area (Å²) >= 11 is 0. The molecule has 4 aromatic rings. The second-order valence-electron chi connectivity index (χ2n) is 7.28. The minimum Gasteiger partial charge on any atom is -0.321 e. The van der Waals surface area contributed by atoms with E-state index in [2.05, 4.69) is 58.4 Å². The van der Waals surface area contributed by atoms with Crippen LogP contribution in [-0.4, -0.2) is 36.5 Å². The fourth-order valence-electron chi connectivity index (χ4n) is 3.76. The van der Waals surface area contributed by atoms with E-state index < -0.39 is 0 Å². The predicted molar refractivity (Wildman–Crippen MR) is 120 cm³/mol. The van der Waals surface area contributed by atoms with Crippen LogP contribution in [0.3, 0.4) is 0 Å². The summed E-state index contributed by atoms with van der Waals surface area (Å²) in [6.07, 6.45) is 5.07. The van der Waals surface area contributed by atoms with Gasteiger partial charge in [0.2, 0.25) is 5.82 Å². The van der Waals surface area contributed by atoms with Crippen LogP contribution in [0.25, 0.3) is 22.5 Å². The number of allylic oxidation sites excluding steroid dienone is 1. The van der Waals surface area contributed by atoms with E-state index in [1.54, 1.807) is 6.08 Å². The molecule has 4 rings (SSSR count). The van der Waals surface area contributed by atoms with Crippen LogP contribution in [0.1, 0.15) is 40.9 Å². The van der Waals surface area contributed by atoms with Gasteiger partial charge < -0.3 is 4.57 Å². The van der Waals surface area contributed by atoms with Crippen molar-refractivity contribution in [2.75, 3.05) is 0 Å². The van der Waals surface area contributed by atoms with E-state index in [0.717, 1.165) is 52.9 Å². The van der Waals surface area contributed by atoms with Gasteiger partial charge in [0, 0.05) is 24.9 Å². The van der Waals surface area contributed by atoms with E-state index in [0.29, 0.717) is 24.5 Å². The molecule has 2 aromatic heterocycles. The lowest BCUT2D eigenvalue weighted by atomic mass is 9.98. The van der Waals surface area contributed by atoms with Crippen molar-refractivity contribution in [3.05, 3.63) is 84.0 Å². The van der Waals surface area contributed by atoms with Crippen molar-refractivity contribution in [2.45, 2.75) is 32.7 Å². The first-order valence-corrected chi connectivity index (χ1v) is 10.3. The van der Waals surface area contributed by atoms with Gasteiger partial charge in [0.05, 0.1) is 5.69 Å². The van der Waals surface area contributed by atoms with Gasteiger partial charge >= 0.3 is 0 Å². The van der Waals surface area contributed by atoms with Crippen LogP contribution in [0.4, 0.5) is 0 Å². The zero-order chi connectivity index (χ0) is 21.6. The minimum absolute atomic E-state index is 0.563. The number of aromatic amines is 1. The van der Waals surface area contributed by atoms with Crippen LogP contribution in [0.5, 0.6) is 0 Å². The molecular formula is C24H24N6O. The molecule has 0 radical (unpaired) electrons. The fourth-order valence-corrected chi connectivity index (χ4v) is 3.76. The average Bonchev–Trinajstić information content (AvgIpc) is 3.44. The third-order valence-electron chi connectivity index (χ3n) is 5.20. The maximum atomic E-state index is 11.8. The first-order chi connectivity index (χ1) is 15.2. The number of aromatic nitrogens is 6. The van der Waals surface area contributed by atoms with Crippen molar-refractivity contribution in [2.24, 2.45) is 0 Å². The summed E-state index contributed by atoms with van der Waals surface area (Å²) in [5.74, 6) is 1.50. The quantitative estimate of drug-likeness (QED) is 0.327.